The minimum atomic E-state index is -4.55. The summed E-state index contributed by atoms with van der Waals surface area (Å²) in [5.74, 6) is -0.00811. The van der Waals surface area contributed by atoms with Gasteiger partial charge in [-0.25, -0.2) is 9.97 Å². The van der Waals surface area contributed by atoms with Crippen molar-refractivity contribution in [3.63, 3.8) is 0 Å². The molecule has 1 N–H and O–H groups in total. The van der Waals surface area contributed by atoms with Crippen molar-refractivity contribution in [2.45, 2.75) is 19.3 Å². The Hall–Kier alpha value is -4.48. The van der Waals surface area contributed by atoms with Crippen LogP contribution in [-0.4, -0.2) is 24.8 Å². The Kier molecular flexibility index (Phi) is 5.81. The quantitative estimate of drug-likeness (QED) is 0.263. The van der Waals surface area contributed by atoms with Gasteiger partial charge in [0.1, 0.15) is 5.69 Å². The molecule has 5 aromatic rings. The van der Waals surface area contributed by atoms with E-state index in [9.17, 15) is 26.3 Å². The SMILES string of the molecule is Cc1ccc2c(-c3ccnc(Nc4cccc(C(F)(F)F)c4)n3)c(-c3cccc(C(F)(F)F)c3)nn2n1. The van der Waals surface area contributed by atoms with Gasteiger partial charge in [-0.15, -0.1) is 5.10 Å². The number of nitrogens with zero attached hydrogens (tertiary/aromatic N) is 5. The van der Waals surface area contributed by atoms with Crippen molar-refractivity contribution in [1.82, 2.24) is 24.8 Å². The molecule has 0 radical (unpaired) electrons. The third-order valence-corrected chi connectivity index (χ3v) is 5.46. The van der Waals surface area contributed by atoms with Crippen molar-refractivity contribution >= 4 is 17.2 Å². The Morgan fingerprint density at radius 1 is 0.784 bits per heavy atom. The highest BCUT2D eigenvalue weighted by Crippen LogP contribution is 2.37. The van der Waals surface area contributed by atoms with Crippen LogP contribution in [0.15, 0.2) is 72.9 Å². The van der Waals surface area contributed by atoms with Crippen LogP contribution in [0, 0.1) is 6.92 Å². The lowest BCUT2D eigenvalue weighted by Gasteiger charge is -2.11. The first-order valence-electron chi connectivity index (χ1n) is 10.8. The predicted molar refractivity (Wildman–Crippen MR) is 124 cm³/mol. The molecule has 2 aromatic carbocycles. The van der Waals surface area contributed by atoms with Gasteiger partial charge >= 0.3 is 12.4 Å². The summed E-state index contributed by atoms with van der Waals surface area (Å²) in [5, 5.41) is 11.5. The van der Waals surface area contributed by atoms with E-state index >= 15 is 0 Å². The van der Waals surface area contributed by atoms with Crippen molar-refractivity contribution in [1.29, 1.82) is 0 Å². The van der Waals surface area contributed by atoms with E-state index in [1.807, 2.05) is 0 Å². The second-order valence-corrected chi connectivity index (χ2v) is 8.12. The van der Waals surface area contributed by atoms with Crippen LogP contribution in [0.4, 0.5) is 38.0 Å². The summed E-state index contributed by atoms with van der Waals surface area (Å²) >= 11 is 0. The molecule has 0 aliphatic rings. The first-order valence-corrected chi connectivity index (χ1v) is 10.8. The van der Waals surface area contributed by atoms with Crippen LogP contribution in [0.2, 0.25) is 0 Å². The van der Waals surface area contributed by atoms with E-state index in [-0.39, 0.29) is 28.6 Å². The molecule has 188 valence electrons. The minimum Gasteiger partial charge on any atom is -0.324 e. The number of hydrogen-bond donors (Lipinski definition) is 1. The van der Waals surface area contributed by atoms with Gasteiger partial charge in [0.05, 0.1) is 33.6 Å². The number of hydrogen-bond acceptors (Lipinski definition) is 5. The molecule has 5 rings (SSSR count). The molecular weight excluding hydrogens is 498 g/mol. The Morgan fingerprint density at radius 2 is 1.49 bits per heavy atom. The fourth-order valence-corrected chi connectivity index (χ4v) is 3.79. The minimum absolute atomic E-state index is 0.00811. The lowest BCUT2D eigenvalue weighted by Crippen LogP contribution is -2.06. The van der Waals surface area contributed by atoms with Crippen LogP contribution in [0.1, 0.15) is 16.8 Å². The van der Waals surface area contributed by atoms with Crippen LogP contribution in [-0.2, 0) is 12.4 Å². The Labute approximate surface area is 205 Å². The van der Waals surface area contributed by atoms with Crippen molar-refractivity contribution in [3.05, 3.63) is 89.7 Å². The largest absolute Gasteiger partial charge is 0.416 e. The van der Waals surface area contributed by atoms with Crippen molar-refractivity contribution in [3.8, 4) is 22.5 Å². The molecule has 0 fully saturated rings. The number of aryl methyl sites for hydroxylation is 1. The monoisotopic (exact) mass is 514 g/mol. The van der Waals surface area contributed by atoms with Crippen LogP contribution in [0.5, 0.6) is 0 Å². The Balaban J connectivity index is 1.62. The zero-order chi connectivity index (χ0) is 26.4. The molecule has 0 bridgehead atoms. The van der Waals surface area contributed by atoms with Gasteiger partial charge in [-0.2, -0.15) is 36.1 Å². The van der Waals surface area contributed by atoms with Crippen molar-refractivity contribution in [2.24, 2.45) is 0 Å². The first-order chi connectivity index (χ1) is 17.5. The second-order valence-electron chi connectivity index (χ2n) is 8.12. The summed E-state index contributed by atoms with van der Waals surface area (Å²) in [6.45, 7) is 1.74. The standard InChI is InChI=1S/C25H16F6N6/c1-14-8-9-20-21(22(36-37(20)35-14)15-4-2-5-16(12-15)24(26,27)28)19-10-11-32-23(34-19)33-18-7-3-6-17(13-18)25(29,30)31/h2-13H,1H3,(H,32,33,34). The van der Waals surface area contributed by atoms with E-state index in [0.29, 0.717) is 16.8 Å². The molecule has 0 saturated heterocycles. The molecule has 0 saturated carbocycles. The van der Waals surface area contributed by atoms with E-state index in [2.05, 4.69) is 25.5 Å². The van der Waals surface area contributed by atoms with E-state index in [4.69, 9.17) is 0 Å². The van der Waals surface area contributed by atoms with E-state index in [0.717, 1.165) is 24.3 Å². The molecule has 0 spiro atoms. The molecule has 0 aliphatic carbocycles. The molecule has 0 atom stereocenters. The van der Waals surface area contributed by atoms with Crippen molar-refractivity contribution in [2.75, 3.05) is 5.32 Å². The number of halogens is 6. The van der Waals surface area contributed by atoms with Gasteiger partial charge in [-0.3, -0.25) is 0 Å². The topological polar surface area (TPSA) is 68.0 Å². The smallest absolute Gasteiger partial charge is 0.324 e. The lowest BCUT2D eigenvalue weighted by molar-refractivity contribution is -0.138. The second kappa shape index (κ2) is 8.87. The number of nitrogens with one attached hydrogen (secondary N) is 1. The molecular formula is C25H16F6N6. The first kappa shape index (κ1) is 24.2. The van der Waals surface area contributed by atoms with Crippen molar-refractivity contribution < 1.29 is 26.3 Å². The zero-order valence-electron chi connectivity index (χ0n) is 18.9. The molecule has 12 heteroatoms. The van der Waals surface area contributed by atoms with Crippen LogP contribution in [0.25, 0.3) is 28.0 Å². The highest BCUT2D eigenvalue weighted by Gasteiger charge is 2.32. The summed E-state index contributed by atoms with van der Waals surface area (Å²) in [6.07, 6.45) is -7.69. The fraction of sp³-hybridized carbons (Fsp3) is 0.120. The molecule has 0 unspecified atom stereocenters. The average molecular weight is 514 g/mol. The zero-order valence-corrected chi connectivity index (χ0v) is 18.9. The Bertz CT molecular complexity index is 1610. The molecule has 0 aliphatic heterocycles. The number of anilines is 2. The van der Waals surface area contributed by atoms with Gasteiger partial charge < -0.3 is 5.32 Å². The molecule has 6 nitrogen and oxygen atoms in total. The van der Waals surface area contributed by atoms with Crippen LogP contribution < -0.4 is 5.32 Å². The maximum atomic E-state index is 13.4. The van der Waals surface area contributed by atoms with Gasteiger partial charge in [0.2, 0.25) is 5.95 Å². The average Bonchev–Trinajstić information content (AvgIpc) is 3.22. The maximum absolute atomic E-state index is 13.4. The van der Waals surface area contributed by atoms with Gasteiger partial charge in [-0.05, 0) is 55.5 Å². The summed E-state index contributed by atoms with van der Waals surface area (Å²) in [7, 11) is 0. The number of fused-ring (bicyclic) bond motifs is 1. The molecule has 0 amide bonds. The van der Waals surface area contributed by atoms with Gasteiger partial charge in [0.15, 0.2) is 0 Å². The summed E-state index contributed by atoms with van der Waals surface area (Å²) in [4.78, 5) is 8.51. The van der Waals surface area contributed by atoms with E-state index in [1.165, 1.54) is 41.2 Å². The van der Waals surface area contributed by atoms with E-state index < -0.39 is 23.5 Å². The van der Waals surface area contributed by atoms with Crippen LogP contribution in [0.3, 0.4) is 0 Å². The van der Waals surface area contributed by atoms with Gasteiger partial charge in [0.25, 0.3) is 0 Å². The summed E-state index contributed by atoms with van der Waals surface area (Å²) in [5.41, 5.74) is 0.609. The fourth-order valence-electron chi connectivity index (χ4n) is 3.79. The Morgan fingerprint density at radius 3 is 2.22 bits per heavy atom. The van der Waals surface area contributed by atoms with Crippen LogP contribution >= 0.6 is 0 Å². The number of alkyl halides is 6. The normalized spacial score (nSPS) is 12.2. The third-order valence-electron chi connectivity index (χ3n) is 5.46. The third kappa shape index (κ3) is 4.95. The predicted octanol–water partition coefficient (Wildman–Crippen LogP) is 6.94. The van der Waals surface area contributed by atoms with E-state index in [1.54, 1.807) is 19.1 Å². The summed E-state index contributed by atoms with van der Waals surface area (Å²) < 4.78 is 80.8. The number of rotatable bonds is 4. The molecule has 3 aromatic heterocycles. The molecule has 37 heavy (non-hydrogen) atoms. The van der Waals surface area contributed by atoms with Gasteiger partial charge in [-0.1, -0.05) is 18.2 Å². The summed E-state index contributed by atoms with van der Waals surface area (Å²) in [6, 6.07) is 14.2. The number of aromatic nitrogens is 5. The molecule has 3 heterocycles. The van der Waals surface area contributed by atoms with Gasteiger partial charge in [0, 0.05) is 17.4 Å². The number of benzene rings is 2. The highest BCUT2D eigenvalue weighted by atomic mass is 19.4. The highest BCUT2D eigenvalue weighted by molar-refractivity contribution is 5.91. The lowest BCUT2D eigenvalue weighted by atomic mass is 10.0. The maximum Gasteiger partial charge on any atom is 0.416 e.